The molecule has 0 bridgehead atoms. The Bertz CT molecular complexity index is 369. The summed E-state index contributed by atoms with van der Waals surface area (Å²) in [5.74, 6) is -0.370. The summed E-state index contributed by atoms with van der Waals surface area (Å²) in [5.41, 5.74) is 6.84. The van der Waals surface area contributed by atoms with Crippen LogP contribution < -0.4 is 5.73 Å². The molecule has 1 rings (SSSR count). The highest BCUT2D eigenvalue weighted by Crippen LogP contribution is 2.03. The number of benzene rings is 1. The summed E-state index contributed by atoms with van der Waals surface area (Å²) in [6, 6.07) is 9.03. The van der Waals surface area contributed by atoms with E-state index in [4.69, 9.17) is 19.9 Å². The highest BCUT2D eigenvalue weighted by atomic mass is 16.5. The third-order valence-electron chi connectivity index (χ3n) is 2.71. The molecular formula is C15H23NO4. The number of hydrogen-bond acceptors (Lipinski definition) is 5. The fraction of sp³-hybridized carbons (Fsp3) is 0.533. The average molecular weight is 281 g/mol. The quantitative estimate of drug-likeness (QED) is 0.514. The van der Waals surface area contributed by atoms with Crippen LogP contribution in [-0.2, 0) is 25.4 Å². The minimum Gasteiger partial charge on any atom is -0.464 e. The van der Waals surface area contributed by atoms with E-state index < -0.39 is 6.04 Å². The zero-order chi connectivity index (χ0) is 14.6. The predicted molar refractivity (Wildman–Crippen MR) is 76.4 cm³/mol. The Kier molecular flexibility index (Phi) is 8.62. The van der Waals surface area contributed by atoms with Gasteiger partial charge in [0.2, 0.25) is 0 Å². The molecule has 0 saturated heterocycles. The second-order valence-corrected chi connectivity index (χ2v) is 4.42. The molecule has 5 nitrogen and oxygen atoms in total. The van der Waals surface area contributed by atoms with E-state index in [-0.39, 0.29) is 5.97 Å². The summed E-state index contributed by atoms with van der Waals surface area (Å²) in [7, 11) is 1.62. The van der Waals surface area contributed by atoms with Crippen molar-refractivity contribution in [1.29, 1.82) is 0 Å². The van der Waals surface area contributed by atoms with Gasteiger partial charge in [0.1, 0.15) is 6.04 Å². The van der Waals surface area contributed by atoms with Crippen molar-refractivity contribution in [3.05, 3.63) is 35.9 Å². The molecule has 0 aliphatic heterocycles. The Labute approximate surface area is 120 Å². The number of rotatable bonds is 10. The SMILES string of the molecule is COCCOCCCOC(=O)[C@H](N)Cc1ccccc1. The molecule has 0 saturated carbocycles. The maximum atomic E-state index is 11.7. The minimum absolute atomic E-state index is 0.328. The lowest BCUT2D eigenvalue weighted by Gasteiger charge is -2.11. The maximum Gasteiger partial charge on any atom is 0.323 e. The van der Waals surface area contributed by atoms with Gasteiger partial charge in [-0.3, -0.25) is 4.79 Å². The van der Waals surface area contributed by atoms with E-state index >= 15 is 0 Å². The van der Waals surface area contributed by atoms with Crippen molar-refractivity contribution in [2.24, 2.45) is 5.73 Å². The summed E-state index contributed by atoms with van der Waals surface area (Å²) >= 11 is 0. The van der Waals surface area contributed by atoms with Crippen molar-refractivity contribution in [2.75, 3.05) is 33.5 Å². The lowest BCUT2D eigenvalue weighted by Crippen LogP contribution is -2.34. The Hall–Kier alpha value is -1.43. The number of carbonyl (C=O) groups excluding carboxylic acids is 1. The van der Waals surface area contributed by atoms with Gasteiger partial charge in [0.25, 0.3) is 0 Å². The molecule has 20 heavy (non-hydrogen) atoms. The second-order valence-electron chi connectivity index (χ2n) is 4.42. The molecule has 0 unspecified atom stereocenters. The Morgan fingerprint density at radius 2 is 1.90 bits per heavy atom. The van der Waals surface area contributed by atoms with Crippen molar-refractivity contribution in [1.82, 2.24) is 0 Å². The molecule has 0 aliphatic carbocycles. The van der Waals surface area contributed by atoms with Gasteiger partial charge in [-0.15, -0.1) is 0 Å². The summed E-state index contributed by atoms with van der Waals surface area (Å²) < 4.78 is 15.2. The highest BCUT2D eigenvalue weighted by molar-refractivity contribution is 5.75. The highest BCUT2D eigenvalue weighted by Gasteiger charge is 2.15. The van der Waals surface area contributed by atoms with Crippen LogP contribution >= 0.6 is 0 Å². The van der Waals surface area contributed by atoms with Gasteiger partial charge in [-0.2, -0.15) is 0 Å². The van der Waals surface area contributed by atoms with Crippen LogP contribution in [0.2, 0.25) is 0 Å². The van der Waals surface area contributed by atoms with Crippen LogP contribution in [0, 0.1) is 0 Å². The van der Waals surface area contributed by atoms with Gasteiger partial charge in [-0.1, -0.05) is 30.3 Å². The average Bonchev–Trinajstić information content (AvgIpc) is 2.47. The Morgan fingerprint density at radius 1 is 1.15 bits per heavy atom. The second kappa shape index (κ2) is 10.4. The van der Waals surface area contributed by atoms with E-state index in [9.17, 15) is 4.79 Å². The molecule has 0 amide bonds. The zero-order valence-electron chi connectivity index (χ0n) is 11.9. The summed E-state index contributed by atoms with van der Waals surface area (Å²) in [5, 5.41) is 0. The van der Waals surface area contributed by atoms with E-state index in [1.54, 1.807) is 7.11 Å². The van der Waals surface area contributed by atoms with Gasteiger partial charge in [0, 0.05) is 20.1 Å². The number of ether oxygens (including phenoxy) is 3. The molecular weight excluding hydrogens is 258 g/mol. The summed E-state index contributed by atoms with van der Waals surface area (Å²) in [6.45, 7) is 2.00. The number of carbonyl (C=O) groups is 1. The first-order valence-electron chi connectivity index (χ1n) is 6.77. The van der Waals surface area contributed by atoms with Crippen LogP contribution in [0.4, 0.5) is 0 Å². The molecule has 1 atom stereocenters. The third kappa shape index (κ3) is 7.23. The molecule has 1 aromatic carbocycles. The van der Waals surface area contributed by atoms with Crippen LogP contribution in [0.25, 0.3) is 0 Å². The zero-order valence-corrected chi connectivity index (χ0v) is 11.9. The van der Waals surface area contributed by atoms with Gasteiger partial charge in [0.05, 0.1) is 19.8 Å². The molecule has 0 heterocycles. The predicted octanol–water partition coefficient (Wildman–Crippen LogP) is 1.15. The number of esters is 1. The number of nitrogens with two attached hydrogens (primary N) is 1. The largest absolute Gasteiger partial charge is 0.464 e. The van der Waals surface area contributed by atoms with Crippen LogP contribution in [0.1, 0.15) is 12.0 Å². The Balaban J connectivity index is 2.10. The van der Waals surface area contributed by atoms with E-state index in [0.29, 0.717) is 39.3 Å². The van der Waals surface area contributed by atoms with Crippen LogP contribution in [-0.4, -0.2) is 45.5 Å². The molecule has 5 heteroatoms. The van der Waals surface area contributed by atoms with Gasteiger partial charge >= 0.3 is 5.97 Å². The molecule has 2 N–H and O–H groups in total. The van der Waals surface area contributed by atoms with Crippen LogP contribution in [0.15, 0.2) is 30.3 Å². The van der Waals surface area contributed by atoms with E-state index in [1.807, 2.05) is 30.3 Å². The normalized spacial score (nSPS) is 12.1. The lowest BCUT2D eigenvalue weighted by molar-refractivity contribution is -0.145. The molecule has 0 aliphatic rings. The first kappa shape index (κ1) is 16.6. The lowest BCUT2D eigenvalue weighted by atomic mass is 10.1. The maximum absolute atomic E-state index is 11.7. The number of hydrogen-bond donors (Lipinski definition) is 1. The van der Waals surface area contributed by atoms with E-state index in [2.05, 4.69) is 0 Å². The molecule has 0 radical (unpaired) electrons. The molecule has 0 aromatic heterocycles. The van der Waals surface area contributed by atoms with Crippen molar-refractivity contribution in [2.45, 2.75) is 18.9 Å². The minimum atomic E-state index is -0.619. The first-order chi connectivity index (χ1) is 9.74. The topological polar surface area (TPSA) is 70.8 Å². The van der Waals surface area contributed by atoms with Crippen molar-refractivity contribution in [3.63, 3.8) is 0 Å². The monoisotopic (exact) mass is 281 g/mol. The molecule has 0 spiro atoms. The third-order valence-corrected chi connectivity index (χ3v) is 2.71. The molecule has 1 aromatic rings. The Morgan fingerprint density at radius 3 is 2.60 bits per heavy atom. The van der Waals surface area contributed by atoms with Crippen molar-refractivity contribution in [3.8, 4) is 0 Å². The molecule has 112 valence electrons. The van der Waals surface area contributed by atoms with Crippen molar-refractivity contribution < 1.29 is 19.0 Å². The fourth-order valence-corrected chi connectivity index (χ4v) is 1.64. The summed E-state index contributed by atoms with van der Waals surface area (Å²) in [6.07, 6.45) is 1.15. The smallest absolute Gasteiger partial charge is 0.323 e. The van der Waals surface area contributed by atoms with Gasteiger partial charge in [-0.05, 0) is 12.0 Å². The fourth-order valence-electron chi connectivity index (χ4n) is 1.64. The van der Waals surface area contributed by atoms with Crippen LogP contribution in [0.3, 0.4) is 0 Å². The molecule has 0 fully saturated rings. The summed E-state index contributed by atoms with van der Waals surface area (Å²) in [4.78, 5) is 11.7. The van der Waals surface area contributed by atoms with Gasteiger partial charge in [-0.25, -0.2) is 0 Å². The van der Waals surface area contributed by atoms with Gasteiger partial charge in [0.15, 0.2) is 0 Å². The van der Waals surface area contributed by atoms with Crippen molar-refractivity contribution >= 4 is 5.97 Å². The number of methoxy groups -OCH3 is 1. The van der Waals surface area contributed by atoms with E-state index in [1.165, 1.54) is 0 Å². The van der Waals surface area contributed by atoms with E-state index in [0.717, 1.165) is 5.56 Å². The van der Waals surface area contributed by atoms with Gasteiger partial charge < -0.3 is 19.9 Å². The standard InChI is InChI=1S/C15H23NO4/c1-18-10-11-19-8-5-9-20-15(17)14(16)12-13-6-3-2-4-7-13/h2-4,6-7,14H,5,8-12,16H2,1H3/t14-/m1/s1. The first-order valence-corrected chi connectivity index (χ1v) is 6.77. The van der Waals surface area contributed by atoms with Crippen LogP contribution in [0.5, 0.6) is 0 Å².